The smallest absolute Gasteiger partial charge is 0.280 e. The van der Waals surface area contributed by atoms with Crippen molar-refractivity contribution in [3.63, 3.8) is 0 Å². The highest BCUT2D eigenvalue weighted by molar-refractivity contribution is 6.02. The molecule has 1 heterocycles. The van der Waals surface area contributed by atoms with Crippen LogP contribution in [-0.4, -0.2) is 21.8 Å². The number of aryl methyl sites for hydroxylation is 1. The van der Waals surface area contributed by atoms with Gasteiger partial charge in [-0.1, -0.05) is 24.3 Å². The fourth-order valence-corrected chi connectivity index (χ4v) is 2.68. The topological polar surface area (TPSA) is 83.7 Å². The molecule has 0 aliphatic carbocycles. The fourth-order valence-electron chi connectivity index (χ4n) is 2.68. The van der Waals surface area contributed by atoms with E-state index in [1.165, 1.54) is 35.0 Å². The molecule has 2 aromatic carbocycles. The van der Waals surface area contributed by atoms with Crippen LogP contribution in [0, 0.1) is 5.82 Å². The molecule has 26 heavy (non-hydrogen) atoms. The third-order valence-corrected chi connectivity index (χ3v) is 3.94. The number of hydrogen-bond acceptors (Lipinski definition) is 4. The monoisotopic (exact) mass is 353 g/mol. The quantitative estimate of drug-likeness (QED) is 0.559. The van der Waals surface area contributed by atoms with Crippen LogP contribution >= 0.6 is 0 Å². The highest BCUT2D eigenvalue weighted by atomic mass is 19.1. The second kappa shape index (κ2) is 7.18. The van der Waals surface area contributed by atoms with Gasteiger partial charge in [-0.2, -0.15) is 5.10 Å². The number of aromatic nitrogens is 1. The van der Waals surface area contributed by atoms with Crippen molar-refractivity contribution in [2.24, 2.45) is 5.10 Å². The summed E-state index contributed by atoms with van der Waals surface area (Å²) in [6.07, 6.45) is 1.31. The molecule has 3 aromatic rings. The van der Waals surface area contributed by atoms with E-state index in [0.29, 0.717) is 23.0 Å². The number of halogens is 1. The van der Waals surface area contributed by atoms with Gasteiger partial charge >= 0.3 is 0 Å². The van der Waals surface area contributed by atoms with E-state index < -0.39 is 11.5 Å². The van der Waals surface area contributed by atoms with Crippen LogP contribution in [0.4, 0.5) is 4.39 Å². The summed E-state index contributed by atoms with van der Waals surface area (Å²) >= 11 is 0. The molecule has 0 unspecified atom stereocenters. The number of para-hydroxylation sites is 1. The highest BCUT2D eigenvalue weighted by Gasteiger charge is 2.21. The number of nitrogens with zero attached hydrogens (tertiary/aromatic N) is 2. The van der Waals surface area contributed by atoms with E-state index in [0.717, 1.165) is 0 Å². The van der Waals surface area contributed by atoms with Crippen LogP contribution in [0.25, 0.3) is 10.9 Å². The fraction of sp³-hybridized carbons (Fsp3) is 0.105. The molecule has 0 saturated carbocycles. The van der Waals surface area contributed by atoms with Crippen molar-refractivity contribution in [2.75, 3.05) is 0 Å². The lowest BCUT2D eigenvalue weighted by Gasteiger charge is -2.12. The van der Waals surface area contributed by atoms with Crippen LogP contribution in [0.2, 0.25) is 0 Å². The lowest BCUT2D eigenvalue weighted by atomic mass is 10.1. The predicted molar refractivity (Wildman–Crippen MR) is 97.0 cm³/mol. The number of nitrogens with one attached hydrogen (secondary N) is 1. The zero-order valence-corrected chi connectivity index (χ0v) is 13.9. The number of fused-ring (bicyclic) bond motifs is 1. The molecule has 0 atom stereocenters. The number of carbonyl (C=O) groups is 1. The van der Waals surface area contributed by atoms with Gasteiger partial charge in [0.15, 0.2) is 0 Å². The molecular formula is C19H16FN3O3. The van der Waals surface area contributed by atoms with Gasteiger partial charge in [0.25, 0.3) is 11.5 Å². The van der Waals surface area contributed by atoms with Gasteiger partial charge in [0.05, 0.1) is 11.7 Å². The molecule has 0 aliphatic rings. The minimum Gasteiger partial charge on any atom is -0.506 e. The van der Waals surface area contributed by atoms with E-state index in [2.05, 4.69) is 10.5 Å². The predicted octanol–water partition coefficient (Wildman–Crippen LogP) is 2.63. The van der Waals surface area contributed by atoms with Crippen molar-refractivity contribution in [3.8, 4) is 5.75 Å². The van der Waals surface area contributed by atoms with Gasteiger partial charge in [-0.25, -0.2) is 9.82 Å². The molecular weight excluding hydrogens is 337 g/mol. The maximum absolute atomic E-state index is 12.9. The van der Waals surface area contributed by atoms with E-state index in [4.69, 9.17) is 0 Å². The minimum absolute atomic E-state index is 0.346. The molecule has 0 aliphatic heterocycles. The van der Waals surface area contributed by atoms with Crippen LogP contribution in [0.15, 0.2) is 58.4 Å². The first-order chi connectivity index (χ1) is 12.5. The Bertz CT molecular complexity index is 1060. The molecule has 0 radical (unpaired) electrons. The number of rotatable bonds is 4. The van der Waals surface area contributed by atoms with Gasteiger partial charge in [0.2, 0.25) is 0 Å². The zero-order chi connectivity index (χ0) is 18.7. The molecule has 132 valence electrons. The minimum atomic E-state index is -0.821. The van der Waals surface area contributed by atoms with Gasteiger partial charge < -0.3 is 9.67 Å². The van der Waals surface area contributed by atoms with Gasteiger partial charge in [-0.05, 0) is 36.8 Å². The van der Waals surface area contributed by atoms with E-state index in [1.54, 1.807) is 31.2 Å². The van der Waals surface area contributed by atoms with Crippen molar-refractivity contribution >= 4 is 23.0 Å². The summed E-state index contributed by atoms with van der Waals surface area (Å²) < 4.78 is 14.3. The van der Waals surface area contributed by atoms with Crippen LogP contribution in [0.5, 0.6) is 5.75 Å². The first-order valence-electron chi connectivity index (χ1n) is 7.96. The lowest BCUT2D eigenvalue weighted by molar-refractivity contribution is 0.0950. The third kappa shape index (κ3) is 3.19. The SMILES string of the molecule is CCn1c(=O)c(C(=O)N/N=C/c2ccc(F)cc2)c(O)c2ccccc21. The number of hydrazone groups is 1. The number of amides is 1. The Balaban J connectivity index is 1.95. The molecule has 0 bridgehead atoms. The van der Waals surface area contributed by atoms with E-state index >= 15 is 0 Å². The molecule has 6 nitrogen and oxygen atoms in total. The number of carbonyl (C=O) groups excluding carboxylic acids is 1. The Labute approximate surface area is 148 Å². The van der Waals surface area contributed by atoms with Crippen LogP contribution in [-0.2, 0) is 6.54 Å². The summed E-state index contributed by atoms with van der Waals surface area (Å²) in [7, 11) is 0. The van der Waals surface area contributed by atoms with Crippen molar-refractivity contribution in [3.05, 3.63) is 75.8 Å². The Morgan fingerprint density at radius 3 is 2.62 bits per heavy atom. The van der Waals surface area contributed by atoms with Crippen LogP contribution in [0.3, 0.4) is 0 Å². The maximum Gasteiger partial charge on any atom is 0.280 e. The summed E-state index contributed by atoms with van der Waals surface area (Å²) in [5.74, 6) is -1.59. The Morgan fingerprint density at radius 1 is 1.23 bits per heavy atom. The van der Waals surface area contributed by atoms with Crippen LogP contribution < -0.4 is 11.0 Å². The first-order valence-corrected chi connectivity index (χ1v) is 7.96. The standard InChI is InChI=1S/C19H16FN3O3/c1-2-23-15-6-4-3-5-14(15)17(24)16(19(23)26)18(25)22-21-11-12-7-9-13(20)10-8-12/h3-11,24H,2H2,1H3,(H,22,25)/b21-11+. The third-order valence-electron chi connectivity index (χ3n) is 3.94. The van der Waals surface area contributed by atoms with Crippen molar-refractivity contribution in [1.29, 1.82) is 0 Å². The van der Waals surface area contributed by atoms with Gasteiger partial charge in [-0.3, -0.25) is 9.59 Å². The van der Waals surface area contributed by atoms with Crippen molar-refractivity contribution in [2.45, 2.75) is 13.5 Å². The van der Waals surface area contributed by atoms with Gasteiger partial charge in [0, 0.05) is 11.9 Å². The Hall–Kier alpha value is -3.48. The largest absolute Gasteiger partial charge is 0.506 e. The summed E-state index contributed by atoms with van der Waals surface area (Å²) in [6, 6.07) is 12.3. The normalized spacial score (nSPS) is 11.2. The zero-order valence-electron chi connectivity index (χ0n) is 13.9. The molecule has 1 amide bonds. The average molecular weight is 353 g/mol. The molecule has 0 fully saturated rings. The maximum atomic E-state index is 12.9. The van der Waals surface area contributed by atoms with Crippen molar-refractivity contribution in [1.82, 2.24) is 9.99 Å². The molecule has 3 rings (SSSR count). The van der Waals surface area contributed by atoms with E-state index in [1.807, 2.05) is 0 Å². The molecule has 7 heteroatoms. The lowest BCUT2D eigenvalue weighted by Crippen LogP contribution is -2.31. The van der Waals surface area contributed by atoms with Crippen molar-refractivity contribution < 1.29 is 14.3 Å². The van der Waals surface area contributed by atoms with Gasteiger partial charge in [-0.15, -0.1) is 0 Å². The van der Waals surface area contributed by atoms with Crippen LogP contribution in [0.1, 0.15) is 22.8 Å². The molecule has 0 saturated heterocycles. The summed E-state index contributed by atoms with van der Waals surface area (Å²) in [5, 5.41) is 14.6. The molecule has 1 aromatic heterocycles. The number of benzene rings is 2. The molecule has 2 N–H and O–H groups in total. The number of pyridine rings is 1. The highest BCUT2D eigenvalue weighted by Crippen LogP contribution is 2.26. The Morgan fingerprint density at radius 2 is 1.92 bits per heavy atom. The van der Waals surface area contributed by atoms with E-state index in [9.17, 15) is 19.1 Å². The summed E-state index contributed by atoms with van der Waals surface area (Å²) in [5.41, 5.74) is 2.37. The Kier molecular flexibility index (Phi) is 4.79. The van der Waals surface area contributed by atoms with Gasteiger partial charge in [0.1, 0.15) is 17.1 Å². The number of hydrogen-bond donors (Lipinski definition) is 2. The first kappa shape index (κ1) is 17.3. The summed E-state index contributed by atoms with van der Waals surface area (Å²) in [4.78, 5) is 25.0. The second-order valence-corrected chi connectivity index (χ2v) is 5.54. The number of aromatic hydroxyl groups is 1. The average Bonchev–Trinajstić information content (AvgIpc) is 2.64. The summed E-state index contributed by atoms with van der Waals surface area (Å²) in [6.45, 7) is 2.12. The van der Waals surface area contributed by atoms with E-state index in [-0.39, 0.29) is 17.1 Å². The second-order valence-electron chi connectivity index (χ2n) is 5.54. The molecule has 0 spiro atoms.